The predicted molar refractivity (Wildman–Crippen MR) is 476 cm³/mol. The van der Waals surface area contributed by atoms with Crippen LogP contribution in [0, 0.1) is 50.4 Å². The van der Waals surface area contributed by atoms with Gasteiger partial charge in [-0.3, -0.25) is 24.0 Å². The Labute approximate surface area is 682 Å². The monoisotopic (exact) mass is 1520 g/mol. The van der Waals surface area contributed by atoms with Gasteiger partial charge in [0.2, 0.25) is 0 Å². The Morgan fingerprint density at radius 2 is 0.795 bits per heavy atom. The van der Waals surface area contributed by atoms with Crippen LogP contribution in [0.1, 0.15) is 444 Å². The van der Waals surface area contributed by atoms with E-state index in [9.17, 15) is 24.0 Å². The third kappa shape index (κ3) is 17.0. The number of Topliss-reactive ketones (excluding diaryl/α,β-unsaturated/α-hetero) is 5. The van der Waals surface area contributed by atoms with E-state index >= 15 is 0 Å². The Hall–Kier alpha value is -6.37. The van der Waals surface area contributed by atoms with Gasteiger partial charge in [-0.25, -0.2) is 0 Å². The zero-order valence-corrected chi connectivity index (χ0v) is 78.1. The normalized spacial score (nSPS) is 23.5. The van der Waals surface area contributed by atoms with Crippen molar-refractivity contribution in [3.63, 3.8) is 0 Å². The van der Waals surface area contributed by atoms with Gasteiger partial charge in [-0.2, -0.15) is 0 Å². The molecule has 6 aromatic rings. The molecule has 6 atom stereocenters. The van der Waals surface area contributed by atoms with Crippen LogP contribution in [0.4, 0.5) is 0 Å². The predicted octanol–water partition coefficient (Wildman–Crippen LogP) is 27.8. The van der Waals surface area contributed by atoms with E-state index in [2.05, 4.69) is 301 Å². The van der Waals surface area contributed by atoms with E-state index in [1.165, 1.54) is 97.2 Å². The number of ketones is 5. The number of carbonyl (C=O) groups excluding carboxylic acids is 5. The van der Waals surface area contributed by atoms with Gasteiger partial charge < -0.3 is 4.74 Å². The number of rotatable bonds is 7. The lowest BCUT2D eigenvalue weighted by atomic mass is 9.58. The molecule has 0 amide bonds. The molecule has 6 aliphatic carbocycles. The van der Waals surface area contributed by atoms with Crippen molar-refractivity contribution in [3.05, 3.63) is 206 Å². The quantitative estimate of drug-likeness (QED) is 0.148. The molecule has 1 heterocycles. The highest BCUT2D eigenvalue weighted by Crippen LogP contribution is 2.58. The summed E-state index contributed by atoms with van der Waals surface area (Å²) in [5, 5.41) is 0. The molecule has 13 rings (SSSR count). The maximum Gasteiger partial charge on any atom is 0.160 e. The summed E-state index contributed by atoms with van der Waals surface area (Å²) in [7, 11) is 0. The van der Waals surface area contributed by atoms with Crippen molar-refractivity contribution in [3.8, 4) is 0 Å². The number of fused-ring (bicyclic) bond motifs is 7. The summed E-state index contributed by atoms with van der Waals surface area (Å²) in [4.78, 5) is 59.1. The van der Waals surface area contributed by atoms with Crippen molar-refractivity contribution < 1.29 is 28.7 Å². The molecule has 1 aliphatic heterocycles. The number of hydrogen-bond donors (Lipinski definition) is 0. The summed E-state index contributed by atoms with van der Waals surface area (Å²) in [6.45, 7) is 87.8. The Balaban J connectivity index is 0.000000169. The number of carbonyl (C=O) groups is 5. The number of hydrogen-bond acceptors (Lipinski definition) is 6. The lowest BCUT2D eigenvalue weighted by Gasteiger charge is -2.47. The molecule has 0 saturated heterocycles. The van der Waals surface area contributed by atoms with E-state index in [4.69, 9.17) is 4.74 Å². The van der Waals surface area contributed by atoms with Crippen LogP contribution in [0.5, 0.6) is 0 Å². The van der Waals surface area contributed by atoms with Crippen LogP contribution >= 0.6 is 0 Å². The van der Waals surface area contributed by atoms with Crippen LogP contribution in [-0.4, -0.2) is 35.5 Å². The van der Waals surface area contributed by atoms with Crippen molar-refractivity contribution in [2.24, 2.45) is 29.6 Å². The van der Waals surface area contributed by atoms with Crippen molar-refractivity contribution in [2.75, 3.05) is 6.61 Å². The van der Waals surface area contributed by atoms with Crippen LogP contribution in [-0.2, 0) is 83.8 Å². The molecule has 6 nitrogen and oxygen atoms in total. The molecule has 0 spiro atoms. The first kappa shape index (κ1) is 91.2. The van der Waals surface area contributed by atoms with Crippen LogP contribution in [0.3, 0.4) is 0 Å². The summed E-state index contributed by atoms with van der Waals surface area (Å²) < 4.78 is 5.71. The molecule has 0 saturated carbocycles. The molecular weight excluding hydrogens is 1370 g/mol. The zero-order chi connectivity index (χ0) is 85.1. The van der Waals surface area contributed by atoms with Gasteiger partial charge in [0.1, 0.15) is 0 Å². The maximum atomic E-state index is 11.9. The van der Waals surface area contributed by atoms with Crippen LogP contribution < -0.4 is 0 Å². The van der Waals surface area contributed by atoms with Crippen molar-refractivity contribution in [2.45, 2.75) is 387 Å². The fourth-order valence-corrected chi connectivity index (χ4v) is 21.2. The summed E-state index contributed by atoms with van der Waals surface area (Å²) >= 11 is 0. The smallest absolute Gasteiger partial charge is 0.160 e. The summed E-state index contributed by atoms with van der Waals surface area (Å²) in [5.41, 5.74) is 32.4. The SMILES string of the molecule is CC(=O)c1cc(C(C)(C)C)cc2c1CCC2(C)C.CC(=O)c1cc2c(cc1C)C(C)(C)C(C)C2(C)C.CC(=O)c1cc2c(cc1C)C(C)(C)C(C)C2C(C)C.CC(=O)c1cc2c(cc1C)C(C)(C)C(C)CC2(C)C.CC1COCc2cc3c(cc21)C(C)(C)C(C)C3(C)C.CCc1cc2c(cc1C(C)=O)C(C)(C)CCC2(C)C. The van der Waals surface area contributed by atoms with E-state index in [-0.39, 0.29) is 88.5 Å². The van der Waals surface area contributed by atoms with E-state index in [1.807, 2.05) is 6.92 Å². The highest BCUT2D eigenvalue weighted by Gasteiger charge is 2.52. The molecule has 0 N–H and O–H groups in total. The number of ether oxygens (including phenoxy) is 1. The van der Waals surface area contributed by atoms with E-state index in [0.717, 1.165) is 77.0 Å². The Morgan fingerprint density at radius 3 is 1.24 bits per heavy atom. The van der Waals surface area contributed by atoms with Gasteiger partial charge in [-0.05, 0) is 325 Å². The second-order valence-electron chi connectivity index (χ2n) is 43.7. The molecule has 6 unspecified atom stereocenters. The van der Waals surface area contributed by atoms with Crippen LogP contribution in [0.25, 0.3) is 0 Å². The first-order chi connectivity index (χ1) is 50.9. The molecular formula is C106H152O6. The van der Waals surface area contributed by atoms with Crippen LogP contribution in [0.2, 0.25) is 0 Å². The fourth-order valence-electron chi connectivity index (χ4n) is 21.2. The molecule has 0 bridgehead atoms. The third-order valence-corrected chi connectivity index (χ3v) is 30.8. The van der Waals surface area contributed by atoms with Gasteiger partial charge in [-0.1, -0.05) is 257 Å². The van der Waals surface area contributed by atoms with E-state index in [0.29, 0.717) is 41.4 Å². The lowest BCUT2D eigenvalue weighted by Crippen LogP contribution is -2.40. The topological polar surface area (TPSA) is 94.6 Å². The molecule has 0 radical (unpaired) electrons. The minimum absolute atomic E-state index is 0.0951. The number of aryl methyl sites for hydroxylation is 4. The first-order valence-electron chi connectivity index (χ1n) is 43.0. The third-order valence-electron chi connectivity index (χ3n) is 30.8. The second-order valence-corrected chi connectivity index (χ2v) is 43.7. The summed E-state index contributed by atoms with van der Waals surface area (Å²) in [6.07, 6.45) is 6.70. The number of benzene rings is 6. The summed E-state index contributed by atoms with van der Waals surface area (Å²) in [5.74, 6) is 5.12. The Bertz CT molecular complexity index is 4640. The molecule has 7 aliphatic rings. The van der Waals surface area contributed by atoms with Crippen molar-refractivity contribution in [1.82, 2.24) is 0 Å². The maximum absolute atomic E-state index is 11.9. The minimum Gasteiger partial charge on any atom is -0.376 e. The van der Waals surface area contributed by atoms with Crippen molar-refractivity contribution >= 4 is 28.9 Å². The Kier molecular flexibility index (Phi) is 25.7. The zero-order valence-electron chi connectivity index (χ0n) is 78.1. The van der Waals surface area contributed by atoms with Crippen molar-refractivity contribution in [1.29, 1.82) is 0 Å². The first-order valence-corrected chi connectivity index (χ1v) is 43.0. The highest BCUT2D eigenvalue weighted by molar-refractivity contribution is 5.98. The van der Waals surface area contributed by atoms with Gasteiger partial charge in [-0.15, -0.1) is 0 Å². The second kappa shape index (κ2) is 31.6. The molecule has 6 aromatic carbocycles. The molecule has 0 aromatic heterocycles. The largest absolute Gasteiger partial charge is 0.376 e. The minimum atomic E-state index is 0.0951. The molecule has 112 heavy (non-hydrogen) atoms. The van der Waals surface area contributed by atoms with E-state index in [1.54, 1.807) is 45.7 Å². The highest BCUT2D eigenvalue weighted by atomic mass is 16.5. The molecule has 6 heteroatoms. The lowest BCUT2D eigenvalue weighted by molar-refractivity contribution is 0.0949. The fraction of sp³-hybridized carbons (Fsp3) is 0.613. The average molecular weight is 1520 g/mol. The van der Waals surface area contributed by atoms with Gasteiger partial charge in [0.15, 0.2) is 28.9 Å². The molecule has 0 fully saturated rings. The van der Waals surface area contributed by atoms with Crippen LogP contribution in [0.15, 0.2) is 72.8 Å². The standard InChI is InChI=1S/4C18H26O.2C17H24O/c1-11-9-19-10-13-7-15-16(8-14(11)13)18(5,6)12(2)17(15,3)4;1-11-8-16-15(9-14(11)13(3)19)17(4,5)10-12(2)18(16,6)7;1-10(2)17-12(4)18(6,7)16-8-11(3)14(13(5)19)9-15(16)17;1-7-13-10-15-16(11-14(13)12(2)19)18(5,6)9-8-17(15,3)4;1-10-8-14-15(9-13(10)11(2)18)17(6,7)12(3)16(14,4)5;1-11(18)14-9-12(16(2,3)4)10-15-13(14)7-8-17(15,5)6/h7-8,11-12H,9-10H2,1-6H3;8-9,12H,10H2,1-7H3;8-10,12,17H,1-7H3;10-11H,7-9H2,1-6H3;8-9,12H,1-7H3;9-10H,7-8H2,1-6H3. The van der Waals surface area contributed by atoms with Gasteiger partial charge in [0.25, 0.3) is 0 Å². The summed E-state index contributed by atoms with van der Waals surface area (Å²) in [6, 6.07) is 27.0. The Morgan fingerprint density at radius 1 is 0.411 bits per heavy atom. The van der Waals surface area contributed by atoms with Gasteiger partial charge in [0.05, 0.1) is 13.2 Å². The van der Waals surface area contributed by atoms with E-state index < -0.39 is 0 Å². The molecule has 612 valence electrons. The average Bonchev–Trinajstić information content (AvgIpc) is 1.43. The van der Waals surface area contributed by atoms with Gasteiger partial charge >= 0.3 is 0 Å². The van der Waals surface area contributed by atoms with Gasteiger partial charge in [0, 0.05) is 33.7 Å².